The molecule has 0 saturated heterocycles. The minimum absolute atomic E-state index is 0.0606. The van der Waals surface area contributed by atoms with Gasteiger partial charge in [0.1, 0.15) is 0 Å². The Morgan fingerprint density at radius 1 is 1.00 bits per heavy atom. The van der Waals surface area contributed by atoms with Crippen LogP contribution in [0, 0.1) is 29.6 Å². The van der Waals surface area contributed by atoms with Crippen molar-refractivity contribution in [2.75, 3.05) is 0 Å². The first kappa shape index (κ1) is 19.6. The van der Waals surface area contributed by atoms with E-state index in [0.29, 0.717) is 28.6 Å². The third-order valence-electron chi connectivity index (χ3n) is 9.69. The number of benzene rings is 1. The van der Waals surface area contributed by atoms with Gasteiger partial charge < -0.3 is 5.11 Å². The fourth-order valence-electron chi connectivity index (χ4n) is 7.73. The summed E-state index contributed by atoms with van der Waals surface area (Å²) in [7, 11) is 0. The van der Waals surface area contributed by atoms with E-state index in [2.05, 4.69) is 58.0 Å². The lowest BCUT2D eigenvalue weighted by Crippen LogP contribution is -2.44. The van der Waals surface area contributed by atoms with E-state index in [1.165, 1.54) is 49.7 Å². The van der Waals surface area contributed by atoms with Gasteiger partial charge in [0.2, 0.25) is 0 Å². The Bertz CT molecular complexity index is 859. The summed E-state index contributed by atoms with van der Waals surface area (Å²) in [6, 6.07) is 9.26. The maximum absolute atomic E-state index is 10.2. The second kappa shape index (κ2) is 6.84. The largest absolute Gasteiger partial charge is 0.393 e. The zero-order valence-electron chi connectivity index (χ0n) is 18.8. The number of aliphatic hydroxyl groups excluding tert-OH is 1. The molecular weight excluding hydrogens is 352 g/mol. The standard InChI is InChI=1S/C28H38O/c1-18-5-7-20(8-6-18)19(2)24-11-12-25-23-10-9-21-17-22(29)13-15-27(21,3)26(23)14-16-28(24,25)4/h5-8,12,19,21-22,24,29H,9-11,13-17H2,1-4H3/t19-,21?,22?,24+,27-,28+/m0/s1. The highest BCUT2D eigenvalue weighted by Crippen LogP contribution is 2.64. The van der Waals surface area contributed by atoms with Crippen LogP contribution in [0.4, 0.5) is 0 Å². The molecule has 0 spiro atoms. The van der Waals surface area contributed by atoms with E-state index in [9.17, 15) is 5.11 Å². The number of hydrogen-bond acceptors (Lipinski definition) is 1. The smallest absolute Gasteiger partial charge is 0.0543 e. The fraction of sp³-hybridized carbons (Fsp3) is 0.643. The first-order valence-electron chi connectivity index (χ1n) is 12.0. The van der Waals surface area contributed by atoms with Crippen molar-refractivity contribution in [1.29, 1.82) is 0 Å². The Labute approximate surface area is 177 Å². The van der Waals surface area contributed by atoms with Crippen LogP contribution in [0.3, 0.4) is 0 Å². The molecule has 1 aromatic rings. The van der Waals surface area contributed by atoms with E-state index in [1.54, 1.807) is 16.7 Å². The minimum Gasteiger partial charge on any atom is -0.393 e. The number of aryl methyl sites for hydroxylation is 1. The van der Waals surface area contributed by atoms with Crippen LogP contribution in [0.15, 0.2) is 47.1 Å². The molecule has 0 amide bonds. The van der Waals surface area contributed by atoms with Crippen LogP contribution in [0.2, 0.25) is 0 Å². The minimum atomic E-state index is -0.0606. The van der Waals surface area contributed by atoms with Crippen molar-refractivity contribution in [3.8, 4) is 0 Å². The fourth-order valence-corrected chi connectivity index (χ4v) is 7.73. The van der Waals surface area contributed by atoms with E-state index in [1.807, 2.05) is 0 Å². The summed E-state index contributed by atoms with van der Waals surface area (Å²) in [6.07, 6.45) is 12.1. The van der Waals surface area contributed by atoms with Crippen molar-refractivity contribution in [2.24, 2.45) is 22.7 Å². The molecule has 5 rings (SSSR count). The van der Waals surface area contributed by atoms with E-state index in [0.717, 1.165) is 12.8 Å². The van der Waals surface area contributed by atoms with Gasteiger partial charge >= 0.3 is 0 Å². The van der Waals surface area contributed by atoms with Crippen LogP contribution >= 0.6 is 0 Å². The van der Waals surface area contributed by atoms with E-state index < -0.39 is 0 Å². The lowest BCUT2D eigenvalue weighted by molar-refractivity contribution is 0.0230. The van der Waals surface area contributed by atoms with Crippen molar-refractivity contribution in [3.05, 3.63) is 58.2 Å². The molecule has 1 nitrogen and oxygen atoms in total. The van der Waals surface area contributed by atoms with Gasteiger partial charge in [0.25, 0.3) is 0 Å². The van der Waals surface area contributed by atoms with Gasteiger partial charge in [-0.3, -0.25) is 0 Å². The Hall–Kier alpha value is -1.34. The number of allylic oxidation sites excluding steroid dienone is 4. The molecule has 2 unspecified atom stereocenters. The average molecular weight is 391 g/mol. The second-order valence-corrected chi connectivity index (χ2v) is 11.1. The van der Waals surface area contributed by atoms with Gasteiger partial charge in [-0.05, 0) is 104 Å². The van der Waals surface area contributed by atoms with E-state index >= 15 is 0 Å². The Morgan fingerprint density at radius 3 is 2.52 bits per heavy atom. The summed E-state index contributed by atoms with van der Waals surface area (Å²) < 4.78 is 0. The summed E-state index contributed by atoms with van der Waals surface area (Å²) in [5.74, 6) is 2.01. The zero-order chi connectivity index (χ0) is 20.4. The van der Waals surface area contributed by atoms with Crippen LogP contribution in [-0.2, 0) is 0 Å². The number of aliphatic hydroxyl groups is 1. The molecule has 4 aliphatic rings. The zero-order valence-corrected chi connectivity index (χ0v) is 18.8. The molecule has 0 bridgehead atoms. The molecule has 6 atom stereocenters. The highest BCUT2D eigenvalue weighted by molar-refractivity contribution is 5.50. The topological polar surface area (TPSA) is 20.2 Å². The van der Waals surface area contributed by atoms with Gasteiger partial charge in [0, 0.05) is 0 Å². The first-order valence-corrected chi connectivity index (χ1v) is 12.0. The monoisotopic (exact) mass is 390 g/mol. The van der Waals surface area contributed by atoms with Gasteiger partial charge in [0.05, 0.1) is 6.10 Å². The molecule has 0 aromatic heterocycles. The van der Waals surface area contributed by atoms with Gasteiger partial charge in [-0.15, -0.1) is 0 Å². The van der Waals surface area contributed by atoms with Gasteiger partial charge in [0.15, 0.2) is 0 Å². The lowest BCUT2D eigenvalue weighted by atomic mass is 9.51. The number of fused-ring (bicyclic) bond motifs is 4. The molecule has 0 aliphatic heterocycles. The van der Waals surface area contributed by atoms with Crippen LogP contribution in [-0.4, -0.2) is 11.2 Å². The molecular formula is C28H38O. The normalized spacial score (nSPS) is 40.0. The van der Waals surface area contributed by atoms with Crippen LogP contribution in [0.25, 0.3) is 0 Å². The highest BCUT2D eigenvalue weighted by Gasteiger charge is 2.53. The molecule has 156 valence electrons. The van der Waals surface area contributed by atoms with Gasteiger partial charge in [-0.25, -0.2) is 0 Å². The predicted molar refractivity (Wildman–Crippen MR) is 121 cm³/mol. The summed E-state index contributed by atoms with van der Waals surface area (Å²) in [5, 5.41) is 10.2. The van der Waals surface area contributed by atoms with Gasteiger partial charge in [-0.1, -0.05) is 62.2 Å². The molecule has 0 radical (unpaired) electrons. The molecule has 1 N–H and O–H groups in total. The Morgan fingerprint density at radius 2 is 1.76 bits per heavy atom. The SMILES string of the molecule is Cc1ccc([C@H](C)[C@H]2CC=C3C4=C(CC[C@@]32C)[C@@]2(C)CCC(O)CC2CC4)cc1. The highest BCUT2D eigenvalue weighted by atomic mass is 16.3. The summed E-state index contributed by atoms with van der Waals surface area (Å²) in [4.78, 5) is 0. The summed E-state index contributed by atoms with van der Waals surface area (Å²) >= 11 is 0. The third-order valence-corrected chi connectivity index (χ3v) is 9.69. The molecule has 1 heteroatoms. The molecule has 1 aromatic carbocycles. The van der Waals surface area contributed by atoms with Crippen LogP contribution in [0.5, 0.6) is 0 Å². The first-order chi connectivity index (χ1) is 13.8. The summed E-state index contributed by atoms with van der Waals surface area (Å²) in [6.45, 7) is 9.75. The quantitative estimate of drug-likeness (QED) is 0.571. The van der Waals surface area contributed by atoms with Crippen molar-refractivity contribution >= 4 is 0 Å². The number of hydrogen-bond donors (Lipinski definition) is 1. The van der Waals surface area contributed by atoms with Crippen LogP contribution < -0.4 is 0 Å². The van der Waals surface area contributed by atoms with E-state index in [-0.39, 0.29) is 6.10 Å². The second-order valence-electron chi connectivity index (χ2n) is 11.1. The van der Waals surface area contributed by atoms with Crippen LogP contribution in [0.1, 0.15) is 89.2 Å². The molecule has 29 heavy (non-hydrogen) atoms. The van der Waals surface area contributed by atoms with Crippen molar-refractivity contribution in [3.63, 3.8) is 0 Å². The van der Waals surface area contributed by atoms with E-state index in [4.69, 9.17) is 0 Å². The van der Waals surface area contributed by atoms with Gasteiger partial charge in [-0.2, -0.15) is 0 Å². The summed E-state index contributed by atoms with van der Waals surface area (Å²) in [5.41, 5.74) is 8.78. The molecule has 4 aliphatic carbocycles. The number of rotatable bonds is 2. The molecule has 1 saturated carbocycles. The maximum Gasteiger partial charge on any atom is 0.0543 e. The lowest BCUT2D eigenvalue weighted by Gasteiger charge is -2.54. The average Bonchev–Trinajstić information content (AvgIpc) is 3.06. The molecule has 1 fully saturated rings. The predicted octanol–water partition coefficient (Wildman–Crippen LogP) is 7.10. The maximum atomic E-state index is 10.2. The van der Waals surface area contributed by atoms with Crippen molar-refractivity contribution in [1.82, 2.24) is 0 Å². The third kappa shape index (κ3) is 2.91. The van der Waals surface area contributed by atoms with Crippen molar-refractivity contribution < 1.29 is 5.11 Å². The Kier molecular flexibility index (Phi) is 4.63. The molecule has 0 heterocycles. The van der Waals surface area contributed by atoms with Crippen molar-refractivity contribution in [2.45, 2.75) is 91.1 Å². The Balaban J connectivity index is 1.46.